The van der Waals surface area contributed by atoms with E-state index in [4.69, 9.17) is 15.6 Å². The molecule has 0 aliphatic heterocycles. The first-order valence-electron chi connectivity index (χ1n) is 2.75. The molecule has 3 nitrogen and oxygen atoms in total. The van der Waals surface area contributed by atoms with Crippen LogP contribution in [-0.4, -0.2) is 31.0 Å². The van der Waals surface area contributed by atoms with Gasteiger partial charge in [-0.2, -0.15) is 0 Å². The number of rotatable bonds is 4. The molecule has 0 saturated carbocycles. The first-order valence-corrected chi connectivity index (χ1v) is 2.75. The molecule has 0 rings (SSSR count). The maximum Gasteiger partial charge on any atom is 0.0639 e. The lowest BCUT2D eigenvalue weighted by Gasteiger charge is -2.05. The molecule has 0 saturated heterocycles. The molecule has 1 atom stereocenters. The molecule has 0 aromatic rings. The highest BCUT2D eigenvalue weighted by Gasteiger charge is 1.96. The van der Waals surface area contributed by atoms with Gasteiger partial charge in [0.2, 0.25) is 0 Å². The summed E-state index contributed by atoms with van der Waals surface area (Å²) >= 11 is 0. The van der Waals surface area contributed by atoms with Gasteiger partial charge in [-0.15, -0.1) is 12.4 Å². The fourth-order valence-corrected chi connectivity index (χ4v) is 0.322. The van der Waals surface area contributed by atoms with Crippen LogP contribution in [0.2, 0.25) is 0 Å². The second-order valence-electron chi connectivity index (χ2n) is 1.60. The van der Waals surface area contributed by atoms with Gasteiger partial charge < -0.3 is 15.6 Å². The second-order valence-corrected chi connectivity index (χ2v) is 1.60. The quantitative estimate of drug-likeness (QED) is 0.590. The molecule has 58 valence electrons. The Morgan fingerprint density at radius 2 is 2.22 bits per heavy atom. The average Bonchev–Trinajstić information content (AvgIpc) is 1.83. The molecule has 0 bridgehead atoms. The SMILES string of the molecule is CCOC[C@@H](N)CO.Cl. The summed E-state index contributed by atoms with van der Waals surface area (Å²) < 4.78 is 4.90. The number of nitrogens with two attached hydrogens (primary N) is 1. The molecule has 0 amide bonds. The van der Waals surface area contributed by atoms with E-state index in [0.29, 0.717) is 13.2 Å². The summed E-state index contributed by atoms with van der Waals surface area (Å²) in [5, 5.41) is 8.36. The highest BCUT2D eigenvalue weighted by atomic mass is 35.5. The topological polar surface area (TPSA) is 55.5 Å². The number of ether oxygens (including phenoxy) is 1. The minimum Gasteiger partial charge on any atom is -0.395 e. The maximum absolute atomic E-state index is 8.36. The van der Waals surface area contributed by atoms with Crippen LogP contribution in [-0.2, 0) is 4.74 Å². The average molecular weight is 156 g/mol. The number of halogens is 1. The van der Waals surface area contributed by atoms with Crippen LogP contribution in [0.15, 0.2) is 0 Å². The first kappa shape index (κ1) is 11.9. The molecule has 0 heterocycles. The normalized spacial score (nSPS) is 12.3. The molecule has 3 N–H and O–H groups in total. The van der Waals surface area contributed by atoms with Gasteiger partial charge >= 0.3 is 0 Å². The molecule has 0 unspecified atom stereocenters. The Balaban J connectivity index is 0. The highest BCUT2D eigenvalue weighted by molar-refractivity contribution is 5.85. The Hall–Kier alpha value is 0.170. The summed E-state index contributed by atoms with van der Waals surface area (Å²) in [7, 11) is 0. The third-order valence-corrected chi connectivity index (χ3v) is 0.771. The zero-order valence-corrected chi connectivity index (χ0v) is 6.36. The van der Waals surface area contributed by atoms with Crippen molar-refractivity contribution in [2.45, 2.75) is 13.0 Å². The van der Waals surface area contributed by atoms with Crippen LogP contribution in [0.1, 0.15) is 6.92 Å². The van der Waals surface area contributed by atoms with E-state index >= 15 is 0 Å². The Morgan fingerprint density at radius 3 is 2.56 bits per heavy atom. The van der Waals surface area contributed by atoms with E-state index < -0.39 is 0 Å². The van der Waals surface area contributed by atoms with Crippen LogP contribution in [0.25, 0.3) is 0 Å². The number of aliphatic hydroxyl groups excluding tert-OH is 1. The summed E-state index contributed by atoms with van der Waals surface area (Å²) in [5.41, 5.74) is 5.28. The first-order chi connectivity index (χ1) is 3.81. The number of hydrogen-bond acceptors (Lipinski definition) is 3. The molecule has 0 aliphatic rings. The van der Waals surface area contributed by atoms with Crippen LogP contribution in [0.3, 0.4) is 0 Å². The van der Waals surface area contributed by atoms with Crippen LogP contribution < -0.4 is 5.73 Å². The van der Waals surface area contributed by atoms with Crippen molar-refractivity contribution in [3.8, 4) is 0 Å². The van der Waals surface area contributed by atoms with Crippen LogP contribution in [0, 0.1) is 0 Å². The minimum absolute atomic E-state index is 0. The minimum atomic E-state index is -0.213. The van der Waals surface area contributed by atoms with Crippen molar-refractivity contribution in [3.05, 3.63) is 0 Å². The van der Waals surface area contributed by atoms with Crippen molar-refractivity contribution in [2.75, 3.05) is 19.8 Å². The van der Waals surface area contributed by atoms with Crippen LogP contribution >= 0.6 is 12.4 Å². The molecule has 0 spiro atoms. The third-order valence-electron chi connectivity index (χ3n) is 0.771. The Morgan fingerprint density at radius 1 is 1.67 bits per heavy atom. The van der Waals surface area contributed by atoms with Gasteiger partial charge in [0, 0.05) is 6.61 Å². The van der Waals surface area contributed by atoms with E-state index in [0.717, 1.165) is 0 Å². The van der Waals surface area contributed by atoms with E-state index in [-0.39, 0.29) is 25.1 Å². The Kier molecular flexibility index (Phi) is 10.8. The van der Waals surface area contributed by atoms with Gasteiger partial charge in [0.05, 0.1) is 19.3 Å². The van der Waals surface area contributed by atoms with Crippen molar-refractivity contribution in [2.24, 2.45) is 5.73 Å². The summed E-state index contributed by atoms with van der Waals surface area (Å²) in [6.45, 7) is 3.00. The molecular weight excluding hydrogens is 142 g/mol. The van der Waals surface area contributed by atoms with Gasteiger partial charge in [0.15, 0.2) is 0 Å². The van der Waals surface area contributed by atoms with Gasteiger partial charge in [-0.05, 0) is 6.92 Å². The van der Waals surface area contributed by atoms with E-state index in [2.05, 4.69) is 0 Å². The van der Waals surface area contributed by atoms with E-state index in [1.165, 1.54) is 0 Å². The lowest BCUT2D eigenvalue weighted by atomic mass is 10.4. The molecule has 9 heavy (non-hydrogen) atoms. The molecule has 0 radical (unpaired) electrons. The molecule has 0 aromatic heterocycles. The monoisotopic (exact) mass is 155 g/mol. The number of aliphatic hydroxyl groups is 1. The van der Waals surface area contributed by atoms with Gasteiger partial charge in [0.1, 0.15) is 0 Å². The molecular formula is C5H14ClNO2. The van der Waals surface area contributed by atoms with Crippen molar-refractivity contribution in [1.82, 2.24) is 0 Å². The Bertz CT molecular complexity index is 54.2. The summed E-state index contributed by atoms with van der Waals surface area (Å²) in [6.07, 6.45) is 0. The second kappa shape index (κ2) is 8.17. The molecule has 0 fully saturated rings. The number of hydrogen-bond donors (Lipinski definition) is 2. The van der Waals surface area contributed by atoms with Gasteiger partial charge in [-0.3, -0.25) is 0 Å². The highest BCUT2D eigenvalue weighted by Crippen LogP contribution is 1.77. The predicted molar refractivity (Wildman–Crippen MR) is 38.8 cm³/mol. The Labute approximate surface area is 61.6 Å². The largest absolute Gasteiger partial charge is 0.395 e. The molecule has 0 aliphatic carbocycles. The summed E-state index contributed by atoms with van der Waals surface area (Å²) in [6, 6.07) is -0.213. The zero-order chi connectivity index (χ0) is 6.41. The fraction of sp³-hybridized carbons (Fsp3) is 1.00. The maximum atomic E-state index is 8.36. The van der Waals surface area contributed by atoms with Crippen LogP contribution in [0.5, 0.6) is 0 Å². The summed E-state index contributed by atoms with van der Waals surface area (Å²) in [4.78, 5) is 0. The van der Waals surface area contributed by atoms with Crippen molar-refractivity contribution in [3.63, 3.8) is 0 Å². The zero-order valence-electron chi connectivity index (χ0n) is 5.54. The summed E-state index contributed by atoms with van der Waals surface area (Å²) in [5.74, 6) is 0. The van der Waals surface area contributed by atoms with Crippen LogP contribution in [0.4, 0.5) is 0 Å². The molecule has 4 heteroatoms. The van der Waals surface area contributed by atoms with Gasteiger partial charge in [-0.25, -0.2) is 0 Å². The van der Waals surface area contributed by atoms with Crippen molar-refractivity contribution >= 4 is 12.4 Å². The lowest BCUT2D eigenvalue weighted by molar-refractivity contribution is 0.111. The van der Waals surface area contributed by atoms with E-state index in [1.807, 2.05) is 6.92 Å². The smallest absolute Gasteiger partial charge is 0.0639 e. The predicted octanol–water partition coefficient (Wildman–Crippen LogP) is -0.236. The fourth-order valence-electron chi connectivity index (χ4n) is 0.322. The van der Waals surface area contributed by atoms with E-state index in [9.17, 15) is 0 Å². The third kappa shape index (κ3) is 8.17. The molecule has 0 aromatic carbocycles. The van der Waals surface area contributed by atoms with Crippen molar-refractivity contribution < 1.29 is 9.84 Å². The van der Waals surface area contributed by atoms with Gasteiger partial charge in [0.25, 0.3) is 0 Å². The van der Waals surface area contributed by atoms with E-state index in [1.54, 1.807) is 0 Å². The van der Waals surface area contributed by atoms with Gasteiger partial charge in [-0.1, -0.05) is 0 Å². The van der Waals surface area contributed by atoms with Crippen molar-refractivity contribution in [1.29, 1.82) is 0 Å². The lowest BCUT2D eigenvalue weighted by Crippen LogP contribution is -2.29. The standard InChI is InChI=1S/C5H13NO2.ClH/c1-2-8-4-5(6)3-7;/h5,7H,2-4,6H2,1H3;1H/t5-;/m0./s1.